The molecular weight excluding hydrogens is 629 g/mol. The Kier molecular flexibility index (Phi) is 8.46. The van der Waals surface area contributed by atoms with E-state index in [1.807, 2.05) is 37.3 Å². The molecule has 0 unspecified atom stereocenters. The minimum Gasteiger partial charge on any atom is -0.481 e. The fourth-order valence-electron chi connectivity index (χ4n) is 4.66. The van der Waals surface area contributed by atoms with E-state index in [1.54, 1.807) is 12.1 Å². The number of rotatable bonds is 8. The van der Waals surface area contributed by atoms with Crippen molar-refractivity contribution in [2.24, 2.45) is 4.99 Å². The van der Waals surface area contributed by atoms with Gasteiger partial charge in [-0.15, -0.1) is 0 Å². The number of hydrogen-bond acceptors (Lipinski definition) is 8. The molecule has 5 rings (SSSR count). The van der Waals surface area contributed by atoms with Crippen LogP contribution in [-0.4, -0.2) is 22.6 Å². The molecule has 0 N–H and O–H groups in total. The maximum absolute atomic E-state index is 13.8. The zero-order valence-corrected chi connectivity index (χ0v) is 24.8. The van der Waals surface area contributed by atoms with Crippen LogP contribution in [0.1, 0.15) is 36.1 Å². The Morgan fingerprint density at radius 2 is 1.90 bits per heavy atom. The highest BCUT2D eigenvalue weighted by Gasteiger charge is 2.33. The van der Waals surface area contributed by atoms with Crippen LogP contribution in [0.2, 0.25) is 0 Å². The van der Waals surface area contributed by atoms with Crippen molar-refractivity contribution in [1.29, 1.82) is 0 Å². The highest BCUT2D eigenvalue weighted by atomic mass is 79.9. The second-order valence-corrected chi connectivity index (χ2v) is 11.1. The summed E-state index contributed by atoms with van der Waals surface area (Å²) in [5, 5.41) is 12.0. The minimum atomic E-state index is -0.754. The number of nitrogens with zero attached hydrogens (tertiary/aromatic N) is 3. The van der Waals surface area contributed by atoms with E-state index in [9.17, 15) is 24.1 Å². The summed E-state index contributed by atoms with van der Waals surface area (Å²) in [5.74, 6) is -0.972. The van der Waals surface area contributed by atoms with Gasteiger partial charge in [-0.2, -0.15) is 0 Å². The van der Waals surface area contributed by atoms with Crippen LogP contribution in [0, 0.1) is 15.9 Å². The monoisotopic (exact) mass is 651 g/mol. The van der Waals surface area contributed by atoms with Crippen LogP contribution in [0.25, 0.3) is 6.08 Å². The Balaban J connectivity index is 1.61. The van der Waals surface area contributed by atoms with Crippen LogP contribution in [0.15, 0.2) is 92.3 Å². The Hall–Kier alpha value is -4.42. The number of halogens is 2. The third-order valence-electron chi connectivity index (χ3n) is 6.60. The predicted molar refractivity (Wildman–Crippen MR) is 158 cm³/mol. The van der Waals surface area contributed by atoms with Gasteiger partial charge in [-0.25, -0.2) is 14.2 Å². The maximum Gasteiger partial charge on any atom is 0.338 e. The number of hydrogen-bond donors (Lipinski definition) is 0. The second kappa shape index (κ2) is 12.2. The molecule has 1 aromatic heterocycles. The number of allylic oxidation sites excluding steroid dienone is 1. The molecule has 214 valence electrons. The molecule has 12 heteroatoms. The van der Waals surface area contributed by atoms with E-state index in [0.29, 0.717) is 38.1 Å². The lowest BCUT2D eigenvalue weighted by atomic mass is 9.95. The number of aromatic nitrogens is 1. The molecule has 0 saturated heterocycles. The summed E-state index contributed by atoms with van der Waals surface area (Å²) in [6.07, 6.45) is 1.98. The number of fused-ring (bicyclic) bond motifs is 1. The molecule has 3 aromatic carbocycles. The number of ether oxygens (including phenoxy) is 2. The van der Waals surface area contributed by atoms with Crippen molar-refractivity contribution in [3.05, 3.63) is 135 Å². The molecule has 1 aliphatic heterocycles. The van der Waals surface area contributed by atoms with Crippen LogP contribution < -0.4 is 19.6 Å². The lowest BCUT2D eigenvalue weighted by Crippen LogP contribution is -2.40. The standard InChI is InChI=1S/C30H23BrFN3O6S/c1-3-22-25(29(37)40-2)26(19-7-5-4-6-8-19)34-28(36)24(42-30(34)33-22)15-18-13-21(31)27(23(14-18)35(38)39)41-16-17-9-11-20(32)12-10-17/h4-15,26H,3,16H2,1-2H3/b24-15+/t26-/m1/s1. The van der Waals surface area contributed by atoms with Crippen molar-refractivity contribution >= 4 is 45.0 Å². The topological polar surface area (TPSA) is 113 Å². The fourth-order valence-corrected chi connectivity index (χ4v) is 6.27. The number of thiazole rings is 1. The summed E-state index contributed by atoms with van der Waals surface area (Å²) < 4.78 is 26.1. The first-order chi connectivity index (χ1) is 20.2. The zero-order valence-electron chi connectivity index (χ0n) is 22.4. The van der Waals surface area contributed by atoms with E-state index in [0.717, 1.165) is 11.3 Å². The van der Waals surface area contributed by atoms with Gasteiger partial charge < -0.3 is 9.47 Å². The number of benzene rings is 3. The lowest BCUT2D eigenvalue weighted by Gasteiger charge is -2.25. The molecule has 1 aliphatic rings. The molecule has 0 aliphatic carbocycles. The van der Waals surface area contributed by atoms with Gasteiger partial charge in [-0.05, 0) is 63.3 Å². The van der Waals surface area contributed by atoms with E-state index in [4.69, 9.17) is 9.47 Å². The minimum absolute atomic E-state index is 0.00215. The van der Waals surface area contributed by atoms with Gasteiger partial charge in [0, 0.05) is 6.07 Å². The molecule has 0 bridgehead atoms. The van der Waals surface area contributed by atoms with Gasteiger partial charge in [0.15, 0.2) is 4.80 Å². The number of esters is 1. The maximum atomic E-state index is 13.8. The number of carbonyl (C=O) groups is 1. The molecule has 9 nitrogen and oxygen atoms in total. The van der Waals surface area contributed by atoms with Gasteiger partial charge in [0.25, 0.3) is 5.56 Å². The Morgan fingerprint density at radius 3 is 2.55 bits per heavy atom. The average Bonchev–Trinajstić information content (AvgIpc) is 3.30. The molecule has 1 atom stereocenters. The number of nitro benzene ring substituents is 1. The summed E-state index contributed by atoms with van der Waals surface area (Å²) in [5.41, 5.74) is 1.82. The fraction of sp³-hybridized carbons (Fsp3) is 0.167. The quantitative estimate of drug-likeness (QED) is 0.147. The number of methoxy groups -OCH3 is 1. The van der Waals surface area contributed by atoms with Crippen molar-refractivity contribution < 1.29 is 23.6 Å². The Morgan fingerprint density at radius 1 is 1.19 bits per heavy atom. The van der Waals surface area contributed by atoms with Crippen LogP contribution >= 0.6 is 27.3 Å². The first-order valence-electron chi connectivity index (χ1n) is 12.7. The Labute approximate surface area is 251 Å². The van der Waals surface area contributed by atoms with Gasteiger partial charge in [-0.1, -0.05) is 60.7 Å². The summed E-state index contributed by atoms with van der Waals surface area (Å²) >= 11 is 4.49. The Bertz CT molecular complexity index is 1900. The van der Waals surface area contributed by atoms with Crippen molar-refractivity contribution in [3.8, 4) is 5.75 Å². The smallest absolute Gasteiger partial charge is 0.338 e. The number of carbonyl (C=O) groups excluding carboxylic acids is 1. The molecular formula is C30H23BrFN3O6S. The first-order valence-corrected chi connectivity index (χ1v) is 14.4. The molecule has 0 radical (unpaired) electrons. The molecule has 0 saturated carbocycles. The molecule has 42 heavy (non-hydrogen) atoms. The van der Waals surface area contributed by atoms with Crippen LogP contribution in [0.3, 0.4) is 0 Å². The van der Waals surface area contributed by atoms with E-state index in [-0.39, 0.29) is 28.1 Å². The van der Waals surface area contributed by atoms with E-state index in [2.05, 4.69) is 20.9 Å². The largest absolute Gasteiger partial charge is 0.481 e. The van der Waals surface area contributed by atoms with Gasteiger partial charge in [0.05, 0.1) is 38.4 Å². The number of nitro groups is 1. The third-order valence-corrected chi connectivity index (χ3v) is 8.17. The van der Waals surface area contributed by atoms with E-state index < -0.39 is 28.3 Å². The molecule has 4 aromatic rings. The summed E-state index contributed by atoms with van der Waals surface area (Å²) in [7, 11) is 1.29. The van der Waals surface area contributed by atoms with Crippen LogP contribution in [-0.2, 0) is 16.1 Å². The summed E-state index contributed by atoms with van der Waals surface area (Å²) in [4.78, 5) is 43.2. The van der Waals surface area contributed by atoms with Crippen molar-refractivity contribution in [2.45, 2.75) is 26.0 Å². The lowest BCUT2D eigenvalue weighted by molar-refractivity contribution is -0.386. The molecule has 0 fully saturated rings. The van der Waals surface area contributed by atoms with Crippen molar-refractivity contribution in [2.75, 3.05) is 7.11 Å². The zero-order chi connectivity index (χ0) is 30.0. The van der Waals surface area contributed by atoms with Gasteiger partial charge in [-0.3, -0.25) is 19.5 Å². The van der Waals surface area contributed by atoms with Gasteiger partial charge in [0.1, 0.15) is 12.4 Å². The molecule has 0 amide bonds. The predicted octanol–water partition coefficient (Wildman–Crippen LogP) is 5.19. The van der Waals surface area contributed by atoms with E-state index >= 15 is 0 Å². The highest BCUT2D eigenvalue weighted by Crippen LogP contribution is 2.37. The van der Waals surface area contributed by atoms with E-state index in [1.165, 1.54) is 42.0 Å². The van der Waals surface area contributed by atoms with Gasteiger partial charge in [0.2, 0.25) is 5.75 Å². The summed E-state index contributed by atoms with van der Waals surface area (Å²) in [6.45, 7) is 1.86. The van der Waals surface area contributed by atoms with Crippen LogP contribution in [0.4, 0.5) is 10.1 Å². The highest BCUT2D eigenvalue weighted by molar-refractivity contribution is 9.10. The normalized spacial score (nSPS) is 14.8. The van der Waals surface area contributed by atoms with Crippen molar-refractivity contribution in [1.82, 2.24) is 4.57 Å². The van der Waals surface area contributed by atoms with Gasteiger partial charge >= 0.3 is 11.7 Å². The third kappa shape index (κ3) is 5.68. The molecule has 2 heterocycles. The SMILES string of the molecule is CCC1=C(C(=O)OC)[C@@H](c2ccccc2)n2c(s/c(=C/c3cc(Br)c(OCc4ccc(F)cc4)c([N+](=O)[O-])c3)c2=O)=N1. The van der Waals surface area contributed by atoms with Crippen LogP contribution in [0.5, 0.6) is 5.75 Å². The second-order valence-electron chi connectivity index (χ2n) is 9.22. The summed E-state index contributed by atoms with van der Waals surface area (Å²) in [6, 6.07) is 16.9. The average molecular weight is 652 g/mol. The first kappa shape index (κ1) is 29.1. The van der Waals surface area contributed by atoms with Crippen molar-refractivity contribution in [3.63, 3.8) is 0 Å². The molecule has 0 spiro atoms.